The number of hydrogen-bond donors (Lipinski definition) is 1. The molecule has 0 aliphatic carbocycles. The number of anilines is 1. The predicted octanol–water partition coefficient (Wildman–Crippen LogP) is 1.40. The number of rotatable bonds is 1. The number of fused-ring (bicyclic) bond motifs is 1. The van der Waals surface area contributed by atoms with Gasteiger partial charge in [-0.2, -0.15) is 5.10 Å². The van der Waals surface area contributed by atoms with Crippen molar-refractivity contribution in [3.63, 3.8) is 0 Å². The van der Waals surface area contributed by atoms with Crippen molar-refractivity contribution in [3.05, 3.63) is 42.0 Å². The number of hydrogen-bond acceptors (Lipinski definition) is 3. The van der Waals surface area contributed by atoms with Gasteiger partial charge in [-0.3, -0.25) is 9.89 Å². The molecule has 0 bridgehead atoms. The zero-order valence-electron chi connectivity index (χ0n) is 9.26. The Morgan fingerprint density at radius 3 is 3.06 bits per heavy atom. The van der Waals surface area contributed by atoms with E-state index in [4.69, 9.17) is 0 Å². The highest BCUT2D eigenvalue weighted by molar-refractivity contribution is 6.04. The molecular formula is C12H12N4O. The smallest absolute Gasteiger partial charge is 0.295 e. The average molecular weight is 228 g/mol. The summed E-state index contributed by atoms with van der Waals surface area (Å²) in [6.07, 6.45) is 3.36. The third-order valence-corrected chi connectivity index (χ3v) is 2.97. The number of nitrogens with one attached hydrogen (secondary N) is 1. The lowest BCUT2D eigenvalue weighted by molar-refractivity contribution is 0.0975. The molecule has 1 amide bonds. The van der Waals surface area contributed by atoms with Gasteiger partial charge in [-0.1, -0.05) is 18.2 Å². The van der Waals surface area contributed by atoms with Gasteiger partial charge >= 0.3 is 0 Å². The Balaban J connectivity index is 1.98. The van der Waals surface area contributed by atoms with Crippen molar-refractivity contribution in [1.29, 1.82) is 0 Å². The first-order valence-corrected chi connectivity index (χ1v) is 5.61. The van der Waals surface area contributed by atoms with Crippen molar-refractivity contribution in [2.24, 2.45) is 0 Å². The molecule has 1 N–H and O–H groups in total. The van der Waals surface area contributed by atoms with Crippen molar-refractivity contribution in [2.75, 3.05) is 11.4 Å². The molecule has 2 aromatic rings. The molecule has 3 rings (SSSR count). The summed E-state index contributed by atoms with van der Waals surface area (Å²) in [6.45, 7) is 0.733. The van der Waals surface area contributed by atoms with E-state index in [0.29, 0.717) is 5.82 Å². The van der Waals surface area contributed by atoms with E-state index in [2.05, 4.69) is 21.2 Å². The number of nitrogens with zero attached hydrogens (tertiary/aromatic N) is 3. The molecule has 0 saturated heterocycles. The molecule has 0 atom stereocenters. The van der Waals surface area contributed by atoms with Crippen LogP contribution in [0.15, 0.2) is 30.6 Å². The SMILES string of the molecule is O=C(c1ncn[nH]1)N1CCCc2ccccc21. The average Bonchev–Trinajstić information content (AvgIpc) is 2.91. The van der Waals surface area contributed by atoms with Gasteiger partial charge < -0.3 is 4.90 Å². The zero-order valence-corrected chi connectivity index (χ0v) is 9.26. The summed E-state index contributed by atoms with van der Waals surface area (Å²) in [7, 11) is 0. The highest BCUT2D eigenvalue weighted by Gasteiger charge is 2.24. The van der Waals surface area contributed by atoms with Crippen LogP contribution in [0.2, 0.25) is 0 Å². The maximum Gasteiger partial charge on any atom is 0.295 e. The van der Waals surface area contributed by atoms with E-state index in [1.54, 1.807) is 4.90 Å². The summed E-state index contributed by atoms with van der Waals surface area (Å²) in [5.41, 5.74) is 2.20. The summed E-state index contributed by atoms with van der Waals surface area (Å²) < 4.78 is 0. The van der Waals surface area contributed by atoms with Gasteiger partial charge in [0.15, 0.2) is 0 Å². The molecule has 5 heteroatoms. The number of aryl methyl sites for hydroxylation is 1. The number of amides is 1. The largest absolute Gasteiger partial charge is 0.305 e. The Kier molecular flexibility index (Phi) is 2.36. The van der Waals surface area contributed by atoms with Crippen molar-refractivity contribution in [2.45, 2.75) is 12.8 Å². The number of carbonyl (C=O) groups is 1. The first-order chi connectivity index (χ1) is 8.36. The molecule has 0 unspecified atom stereocenters. The topological polar surface area (TPSA) is 61.9 Å². The van der Waals surface area contributed by atoms with Crippen LogP contribution in [0.5, 0.6) is 0 Å². The molecule has 17 heavy (non-hydrogen) atoms. The van der Waals surface area contributed by atoms with E-state index in [9.17, 15) is 4.79 Å². The maximum absolute atomic E-state index is 12.2. The third kappa shape index (κ3) is 1.69. The van der Waals surface area contributed by atoms with Crippen LogP contribution in [0.4, 0.5) is 5.69 Å². The zero-order chi connectivity index (χ0) is 11.7. The van der Waals surface area contributed by atoms with Gasteiger partial charge in [0.2, 0.25) is 5.82 Å². The van der Waals surface area contributed by atoms with Crippen molar-refractivity contribution >= 4 is 11.6 Å². The number of H-pyrrole nitrogens is 1. The summed E-state index contributed by atoms with van der Waals surface area (Å²) in [4.78, 5) is 17.9. The summed E-state index contributed by atoms with van der Waals surface area (Å²) in [6, 6.07) is 7.99. The Morgan fingerprint density at radius 1 is 1.35 bits per heavy atom. The van der Waals surface area contributed by atoms with Crippen LogP contribution in [0.3, 0.4) is 0 Å². The van der Waals surface area contributed by atoms with Crippen LogP contribution >= 0.6 is 0 Å². The molecular weight excluding hydrogens is 216 g/mol. The van der Waals surface area contributed by atoms with Crippen LogP contribution < -0.4 is 4.90 Å². The van der Waals surface area contributed by atoms with Gasteiger partial charge in [0.05, 0.1) is 0 Å². The van der Waals surface area contributed by atoms with Crippen LogP contribution in [-0.4, -0.2) is 27.6 Å². The Labute approximate surface area is 98.5 Å². The van der Waals surface area contributed by atoms with Gasteiger partial charge in [0.1, 0.15) is 6.33 Å². The molecule has 0 fully saturated rings. The molecule has 0 saturated carbocycles. The van der Waals surface area contributed by atoms with Gasteiger partial charge in [-0.25, -0.2) is 4.98 Å². The number of carbonyl (C=O) groups excluding carboxylic acids is 1. The molecule has 0 spiro atoms. The van der Waals surface area contributed by atoms with Crippen molar-refractivity contribution < 1.29 is 4.79 Å². The normalized spacial score (nSPS) is 14.5. The fourth-order valence-corrected chi connectivity index (χ4v) is 2.18. The minimum atomic E-state index is -0.116. The van der Waals surface area contributed by atoms with E-state index in [1.165, 1.54) is 11.9 Å². The second-order valence-corrected chi connectivity index (χ2v) is 4.02. The second-order valence-electron chi connectivity index (χ2n) is 4.02. The summed E-state index contributed by atoms with van der Waals surface area (Å²) >= 11 is 0. The van der Waals surface area contributed by atoms with E-state index in [0.717, 1.165) is 25.1 Å². The molecule has 2 heterocycles. The lowest BCUT2D eigenvalue weighted by Crippen LogP contribution is -2.36. The second kappa shape index (κ2) is 4.01. The van der Waals surface area contributed by atoms with Gasteiger partial charge in [0, 0.05) is 12.2 Å². The number of para-hydroxylation sites is 1. The molecule has 0 radical (unpaired) electrons. The maximum atomic E-state index is 12.2. The van der Waals surface area contributed by atoms with E-state index in [-0.39, 0.29) is 5.91 Å². The number of benzene rings is 1. The predicted molar refractivity (Wildman–Crippen MR) is 62.8 cm³/mol. The molecule has 1 aliphatic heterocycles. The van der Waals surface area contributed by atoms with Gasteiger partial charge in [0.25, 0.3) is 5.91 Å². The number of aromatic nitrogens is 3. The number of aromatic amines is 1. The Bertz CT molecular complexity index is 535. The van der Waals surface area contributed by atoms with Crippen molar-refractivity contribution in [1.82, 2.24) is 15.2 Å². The van der Waals surface area contributed by atoms with E-state index >= 15 is 0 Å². The van der Waals surface area contributed by atoms with Crippen LogP contribution in [0.1, 0.15) is 22.6 Å². The molecule has 5 nitrogen and oxygen atoms in total. The first-order valence-electron chi connectivity index (χ1n) is 5.61. The van der Waals surface area contributed by atoms with Gasteiger partial charge in [-0.05, 0) is 24.5 Å². The monoisotopic (exact) mass is 228 g/mol. The summed E-state index contributed by atoms with van der Waals surface area (Å²) in [5.74, 6) is 0.177. The molecule has 1 aliphatic rings. The Hall–Kier alpha value is -2.17. The standard InChI is InChI=1S/C12H12N4O/c17-12(11-13-8-14-15-11)16-7-3-5-9-4-1-2-6-10(9)16/h1-2,4,6,8H,3,5,7H2,(H,13,14,15). The van der Waals surface area contributed by atoms with Crippen LogP contribution in [-0.2, 0) is 6.42 Å². The molecule has 1 aromatic carbocycles. The lowest BCUT2D eigenvalue weighted by Gasteiger charge is -2.28. The van der Waals surface area contributed by atoms with Crippen LogP contribution in [0.25, 0.3) is 0 Å². The lowest BCUT2D eigenvalue weighted by atomic mass is 10.0. The third-order valence-electron chi connectivity index (χ3n) is 2.97. The van der Waals surface area contributed by atoms with E-state index in [1.807, 2.05) is 18.2 Å². The first kappa shape index (κ1) is 10.0. The summed E-state index contributed by atoms with van der Waals surface area (Å²) in [5, 5.41) is 6.32. The minimum Gasteiger partial charge on any atom is -0.305 e. The fraction of sp³-hybridized carbons (Fsp3) is 0.250. The van der Waals surface area contributed by atoms with Crippen LogP contribution in [0, 0.1) is 0 Å². The van der Waals surface area contributed by atoms with Gasteiger partial charge in [-0.15, -0.1) is 0 Å². The molecule has 1 aromatic heterocycles. The van der Waals surface area contributed by atoms with E-state index < -0.39 is 0 Å². The molecule has 86 valence electrons. The minimum absolute atomic E-state index is 0.116. The highest BCUT2D eigenvalue weighted by atomic mass is 16.2. The van der Waals surface area contributed by atoms with Crippen molar-refractivity contribution in [3.8, 4) is 0 Å². The highest BCUT2D eigenvalue weighted by Crippen LogP contribution is 2.27. The quantitative estimate of drug-likeness (QED) is 0.802. The Morgan fingerprint density at radius 2 is 2.24 bits per heavy atom. The fourth-order valence-electron chi connectivity index (χ4n) is 2.18.